The van der Waals surface area contributed by atoms with Gasteiger partial charge in [0.25, 0.3) is 0 Å². The van der Waals surface area contributed by atoms with Crippen molar-refractivity contribution in [3.63, 3.8) is 0 Å². The van der Waals surface area contributed by atoms with Crippen LogP contribution < -0.4 is 19.1 Å². The van der Waals surface area contributed by atoms with E-state index in [2.05, 4.69) is 4.74 Å². The number of halogens is 4. The molecule has 31 heavy (non-hydrogen) atoms. The Bertz CT molecular complexity index is 1070. The van der Waals surface area contributed by atoms with Crippen molar-refractivity contribution in [3.8, 4) is 5.75 Å². The van der Waals surface area contributed by atoms with Gasteiger partial charge in [0.05, 0.1) is 0 Å². The average molecular weight is 529 g/mol. The fraction of sp³-hybridized carbons (Fsp3) is 0.0400. The van der Waals surface area contributed by atoms with Gasteiger partial charge in [-0.2, -0.15) is 0 Å². The fourth-order valence-corrected chi connectivity index (χ4v) is 17.9. The molecular weight excluding hydrogens is 511 g/mol. The molecule has 0 aromatic heterocycles. The molecule has 4 aromatic rings. The quantitative estimate of drug-likeness (QED) is 0.218. The third-order valence-corrected chi connectivity index (χ3v) is 19.1. The van der Waals surface area contributed by atoms with E-state index in [1.807, 2.05) is 0 Å². The summed E-state index contributed by atoms with van der Waals surface area (Å²) in [5, 5.41) is 0. The summed E-state index contributed by atoms with van der Waals surface area (Å²) < 4.78 is 67.2. The Morgan fingerprint density at radius 2 is 0.839 bits per heavy atom. The molecular formula is C25H18F4OSn. The summed E-state index contributed by atoms with van der Waals surface area (Å²) >= 11 is -4.85. The van der Waals surface area contributed by atoms with Gasteiger partial charge in [-0.05, 0) is 0 Å². The van der Waals surface area contributed by atoms with E-state index >= 15 is 8.78 Å². The minimum atomic E-state index is -4.85. The maximum atomic E-state index is 15.6. The Kier molecular flexibility index (Phi) is 6.05. The second-order valence-corrected chi connectivity index (χ2v) is 17.7. The number of methoxy groups -OCH3 is 1. The van der Waals surface area contributed by atoms with E-state index in [0.29, 0.717) is 10.7 Å². The molecule has 0 heterocycles. The standard InChI is InChI=1S/C7H3F4O.3C6H5.Sn/c1-12-7-5(10)3(8)2-4(9)6(7)11;3*1-2-4-6-5-3-1;/h1H3;3*1-5H;. The molecule has 0 spiro atoms. The Morgan fingerprint density at radius 1 is 0.516 bits per heavy atom. The van der Waals surface area contributed by atoms with Gasteiger partial charge in [-0.3, -0.25) is 0 Å². The van der Waals surface area contributed by atoms with Crippen molar-refractivity contribution in [2.45, 2.75) is 0 Å². The van der Waals surface area contributed by atoms with E-state index in [1.54, 1.807) is 91.0 Å². The zero-order chi connectivity index (χ0) is 22.0. The molecule has 0 aliphatic heterocycles. The summed E-state index contributed by atoms with van der Waals surface area (Å²) in [6.07, 6.45) is 0. The summed E-state index contributed by atoms with van der Waals surface area (Å²) in [7, 11) is 0.974. The van der Waals surface area contributed by atoms with Crippen molar-refractivity contribution >= 4 is 32.7 Å². The predicted octanol–water partition coefficient (Wildman–Crippen LogP) is 3.63. The van der Waals surface area contributed by atoms with Crippen molar-refractivity contribution < 1.29 is 22.3 Å². The van der Waals surface area contributed by atoms with Crippen LogP contribution in [0.3, 0.4) is 0 Å². The van der Waals surface area contributed by atoms with E-state index in [0.717, 1.165) is 7.11 Å². The van der Waals surface area contributed by atoms with E-state index < -0.39 is 51.0 Å². The maximum absolute atomic E-state index is 15.6. The Hall–Kier alpha value is -2.80. The summed E-state index contributed by atoms with van der Waals surface area (Å²) in [5.74, 6) is -6.94. The number of hydrogen-bond acceptors (Lipinski definition) is 1. The molecule has 0 saturated heterocycles. The van der Waals surface area contributed by atoms with Crippen LogP contribution in [0.5, 0.6) is 5.75 Å². The van der Waals surface area contributed by atoms with Crippen molar-refractivity contribution in [1.82, 2.24) is 0 Å². The molecule has 1 nitrogen and oxygen atoms in total. The molecule has 4 rings (SSSR count). The normalized spacial score (nSPS) is 11.4. The molecule has 0 aliphatic carbocycles. The Balaban J connectivity index is 2.26. The molecule has 0 aliphatic rings. The van der Waals surface area contributed by atoms with Crippen LogP contribution >= 0.6 is 0 Å². The number of benzene rings is 4. The molecule has 0 radical (unpaired) electrons. The average Bonchev–Trinajstić information content (AvgIpc) is 2.83. The first-order valence-electron chi connectivity index (χ1n) is 9.60. The summed E-state index contributed by atoms with van der Waals surface area (Å²) in [5.41, 5.74) is 0. The fourth-order valence-electron chi connectivity index (χ4n) is 4.12. The summed E-state index contributed by atoms with van der Waals surface area (Å²) in [4.78, 5) is 0. The van der Waals surface area contributed by atoms with Crippen LogP contribution in [0.2, 0.25) is 0 Å². The van der Waals surface area contributed by atoms with Crippen molar-refractivity contribution in [2.75, 3.05) is 7.11 Å². The third kappa shape index (κ3) is 3.41. The zero-order valence-electron chi connectivity index (χ0n) is 16.6. The van der Waals surface area contributed by atoms with Crippen LogP contribution in [0.1, 0.15) is 0 Å². The van der Waals surface area contributed by atoms with Crippen LogP contribution in [0.15, 0.2) is 91.0 Å². The third-order valence-electron chi connectivity index (χ3n) is 5.42. The molecule has 156 valence electrons. The molecule has 0 atom stereocenters. The van der Waals surface area contributed by atoms with Gasteiger partial charge in [-0.15, -0.1) is 0 Å². The number of ether oxygens (including phenoxy) is 1. The van der Waals surface area contributed by atoms with Gasteiger partial charge < -0.3 is 0 Å². The van der Waals surface area contributed by atoms with Gasteiger partial charge in [-0.1, -0.05) is 0 Å². The monoisotopic (exact) mass is 530 g/mol. The second kappa shape index (κ2) is 8.75. The summed E-state index contributed by atoms with van der Waals surface area (Å²) in [6, 6.07) is 26.6. The van der Waals surface area contributed by atoms with E-state index in [1.165, 1.54) is 0 Å². The van der Waals surface area contributed by atoms with E-state index in [-0.39, 0.29) is 0 Å². The molecule has 0 bridgehead atoms. The SMILES string of the molecule is COc1c(F)c(F)[c]([Sn]([c]2ccccc2)([c]2ccccc2)[c]2ccccc2)c(F)c1F. The molecule has 4 aromatic carbocycles. The van der Waals surface area contributed by atoms with Crippen molar-refractivity contribution in [1.29, 1.82) is 0 Å². The predicted molar refractivity (Wildman–Crippen MR) is 116 cm³/mol. The molecule has 0 unspecified atom stereocenters. The first kappa shape index (κ1) is 21.4. The van der Waals surface area contributed by atoms with Crippen molar-refractivity contribution in [3.05, 3.63) is 114 Å². The number of hydrogen-bond donors (Lipinski definition) is 0. The van der Waals surface area contributed by atoms with Crippen LogP contribution in [0, 0.1) is 23.3 Å². The van der Waals surface area contributed by atoms with E-state index in [4.69, 9.17) is 0 Å². The van der Waals surface area contributed by atoms with E-state index in [9.17, 15) is 8.78 Å². The van der Waals surface area contributed by atoms with Crippen LogP contribution in [0.4, 0.5) is 17.6 Å². The first-order valence-corrected chi connectivity index (χ1v) is 15.3. The molecule has 0 N–H and O–H groups in total. The molecule has 0 fully saturated rings. The van der Waals surface area contributed by atoms with Crippen LogP contribution in [-0.4, -0.2) is 25.5 Å². The molecule has 0 amide bonds. The first-order chi connectivity index (χ1) is 15.0. The van der Waals surface area contributed by atoms with Gasteiger partial charge in [-0.25, -0.2) is 0 Å². The van der Waals surface area contributed by atoms with Crippen LogP contribution in [0.25, 0.3) is 0 Å². The molecule has 0 saturated carbocycles. The Labute approximate surface area is 181 Å². The topological polar surface area (TPSA) is 9.23 Å². The van der Waals surface area contributed by atoms with Gasteiger partial charge in [0, 0.05) is 0 Å². The van der Waals surface area contributed by atoms with Gasteiger partial charge >= 0.3 is 182 Å². The Morgan fingerprint density at radius 3 is 1.13 bits per heavy atom. The molecule has 6 heteroatoms. The number of rotatable bonds is 5. The van der Waals surface area contributed by atoms with Gasteiger partial charge in [0.15, 0.2) is 0 Å². The van der Waals surface area contributed by atoms with Gasteiger partial charge in [0.1, 0.15) is 0 Å². The van der Waals surface area contributed by atoms with Gasteiger partial charge in [0.2, 0.25) is 0 Å². The summed E-state index contributed by atoms with van der Waals surface area (Å²) in [6.45, 7) is 0. The zero-order valence-corrected chi connectivity index (χ0v) is 19.4. The van der Waals surface area contributed by atoms with Crippen molar-refractivity contribution in [2.24, 2.45) is 0 Å². The minimum absolute atomic E-state index is 0.534. The second-order valence-electron chi connectivity index (χ2n) is 7.01. The van der Waals surface area contributed by atoms with Crippen LogP contribution in [-0.2, 0) is 0 Å².